The van der Waals surface area contributed by atoms with Gasteiger partial charge in [0.1, 0.15) is 11.6 Å². The van der Waals surface area contributed by atoms with Crippen LogP contribution >= 0.6 is 23.2 Å². The summed E-state index contributed by atoms with van der Waals surface area (Å²) >= 11 is 12.4. The average Bonchev–Trinajstić information content (AvgIpc) is 3.14. The molecule has 1 atom stereocenters. The molecule has 1 unspecified atom stereocenters. The summed E-state index contributed by atoms with van der Waals surface area (Å²) in [6.45, 7) is 1.34. The minimum absolute atomic E-state index is 0.432. The van der Waals surface area contributed by atoms with Gasteiger partial charge in [-0.2, -0.15) is 0 Å². The van der Waals surface area contributed by atoms with E-state index in [9.17, 15) is 5.11 Å². The van der Waals surface area contributed by atoms with E-state index >= 15 is 0 Å². The minimum atomic E-state index is -1.17. The number of aliphatic imine (C=N–C) groups is 1. The van der Waals surface area contributed by atoms with Crippen LogP contribution in [-0.2, 0) is 12.1 Å². The van der Waals surface area contributed by atoms with Gasteiger partial charge in [0.2, 0.25) is 0 Å². The van der Waals surface area contributed by atoms with Crippen molar-refractivity contribution in [2.24, 2.45) is 4.99 Å². The number of aliphatic hydroxyl groups is 1. The van der Waals surface area contributed by atoms with E-state index in [0.29, 0.717) is 29.6 Å². The Balaban J connectivity index is 1.79. The molecule has 4 nitrogen and oxygen atoms in total. The number of hydrogen-bond acceptors (Lipinski definition) is 4. The lowest BCUT2D eigenvalue weighted by molar-refractivity contribution is -0.0637. The van der Waals surface area contributed by atoms with Crippen molar-refractivity contribution in [3.8, 4) is 5.75 Å². The molecular weight excluding hydrogens is 347 g/mol. The van der Waals surface area contributed by atoms with Crippen LogP contribution in [0.5, 0.6) is 5.75 Å². The summed E-state index contributed by atoms with van der Waals surface area (Å²) in [6.07, 6.45) is 0.432. The van der Waals surface area contributed by atoms with E-state index in [1.165, 1.54) is 0 Å². The van der Waals surface area contributed by atoms with E-state index in [4.69, 9.17) is 27.9 Å². The number of fused-ring (bicyclic) bond motifs is 3. The summed E-state index contributed by atoms with van der Waals surface area (Å²) in [7, 11) is 1.63. The van der Waals surface area contributed by atoms with Crippen LogP contribution in [0.25, 0.3) is 0 Å². The summed E-state index contributed by atoms with van der Waals surface area (Å²) in [5, 5.41) is 12.4. The average molecular weight is 363 g/mol. The van der Waals surface area contributed by atoms with Crippen LogP contribution in [0.15, 0.2) is 41.4 Å². The fourth-order valence-corrected chi connectivity index (χ4v) is 3.79. The van der Waals surface area contributed by atoms with Gasteiger partial charge in [0, 0.05) is 24.1 Å². The van der Waals surface area contributed by atoms with Crippen LogP contribution in [0.4, 0.5) is 0 Å². The molecule has 2 aliphatic rings. The van der Waals surface area contributed by atoms with Gasteiger partial charge in [-0.1, -0.05) is 35.3 Å². The summed E-state index contributed by atoms with van der Waals surface area (Å²) in [4.78, 5) is 6.47. The number of methoxy groups -OCH3 is 1. The van der Waals surface area contributed by atoms with Crippen molar-refractivity contribution in [3.05, 3.63) is 63.1 Å². The Morgan fingerprint density at radius 3 is 2.62 bits per heavy atom. The van der Waals surface area contributed by atoms with E-state index in [-0.39, 0.29) is 0 Å². The topological polar surface area (TPSA) is 45.1 Å². The van der Waals surface area contributed by atoms with Crippen LogP contribution in [0, 0.1) is 0 Å². The van der Waals surface area contributed by atoms with Gasteiger partial charge in [0.25, 0.3) is 0 Å². The minimum Gasteiger partial charge on any atom is -0.497 e. The van der Waals surface area contributed by atoms with Crippen molar-refractivity contribution in [1.82, 2.24) is 4.90 Å². The highest BCUT2D eigenvalue weighted by Gasteiger charge is 2.48. The molecule has 0 saturated carbocycles. The molecule has 2 heterocycles. The molecule has 0 saturated heterocycles. The van der Waals surface area contributed by atoms with Crippen molar-refractivity contribution < 1.29 is 9.84 Å². The molecule has 2 aromatic carbocycles. The molecular formula is C18H16Cl2N2O2. The molecule has 0 aliphatic carbocycles. The highest BCUT2D eigenvalue weighted by atomic mass is 35.5. The fraction of sp³-hybridized carbons (Fsp3) is 0.278. The summed E-state index contributed by atoms with van der Waals surface area (Å²) in [5.41, 5.74) is 1.44. The predicted molar refractivity (Wildman–Crippen MR) is 95.2 cm³/mol. The standard InChI is InChI=1S/C18H16Cl2N2O2/c1-24-12-4-2-11(3-5-12)10-18(23)14-9-16(20)15(19)8-13(14)17-21-6-7-22(17)18/h2-5,8-9,23H,6-7,10H2,1H3. The maximum absolute atomic E-state index is 11.5. The predicted octanol–water partition coefficient (Wildman–Crippen LogP) is 3.47. The molecule has 2 aromatic rings. The largest absolute Gasteiger partial charge is 0.497 e. The number of ether oxygens (including phenoxy) is 1. The highest BCUT2D eigenvalue weighted by molar-refractivity contribution is 6.42. The first kappa shape index (κ1) is 15.8. The Kier molecular flexibility index (Phi) is 3.71. The van der Waals surface area contributed by atoms with Gasteiger partial charge in [-0.15, -0.1) is 0 Å². The third-order valence-electron chi connectivity index (χ3n) is 4.63. The molecule has 2 aliphatic heterocycles. The first-order chi connectivity index (χ1) is 11.5. The van der Waals surface area contributed by atoms with Crippen LogP contribution in [0.1, 0.15) is 16.7 Å². The smallest absolute Gasteiger partial charge is 0.170 e. The van der Waals surface area contributed by atoms with Crippen molar-refractivity contribution in [3.63, 3.8) is 0 Å². The molecule has 1 N–H and O–H groups in total. The molecule has 6 heteroatoms. The number of nitrogens with zero attached hydrogens (tertiary/aromatic N) is 2. The lowest BCUT2D eigenvalue weighted by Crippen LogP contribution is -2.44. The SMILES string of the molecule is COc1ccc(CC2(O)c3cc(Cl)c(Cl)cc3C3=NCCN32)cc1. The number of hydrogen-bond donors (Lipinski definition) is 1. The normalized spacial score (nSPS) is 21.5. The van der Waals surface area contributed by atoms with Crippen molar-refractivity contribution in [1.29, 1.82) is 0 Å². The molecule has 0 radical (unpaired) electrons. The van der Waals surface area contributed by atoms with Gasteiger partial charge in [0.05, 0.1) is 23.7 Å². The van der Waals surface area contributed by atoms with E-state index in [1.807, 2.05) is 29.2 Å². The van der Waals surface area contributed by atoms with Crippen LogP contribution in [-0.4, -0.2) is 36.0 Å². The molecule has 0 bridgehead atoms. The van der Waals surface area contributed by atoms with Crippen molar-refractivity contribution in [2.75, 3.05) is 20.2 Å². The lowest BCUT2D eigenvalue weighted by Gasteiger charge is -2.33. The van der Waals surface area contributed by atoms with E-state index in [1.54, 1.807) is 19.2 Å². The molecule has 0 aromatic heterocycles. The van der Waals surface area contributed by atoms with E-state index < -0.39 is 5.72 Å². The molecule has 24 heavy (non-hydrogen) atoms. The van der Waals surface area contributed by atoms with Gasteiger partial charge < -0.3 is 14.7 Å². The molecule has 0 fully saturated rings. The Morgan fingerprint density at radius 1 is 1.21 bits per heavy atom. The number of rotatable bonds is 3. The second-order valence-electron chi connectivity index (χ2n) is 6.01. The maximum atomic E-state index is 11.5. The van der Waals surface area contributed by atoms with Gasteiger partial charge in [0.15, 0.2) is 5.72 Å². The molecule has 4 rings (SSSR count). The third-order valence-corrected chi connectivity index (χ3v) is 5.35. The second-order valence-corrected chi connectivity index (χ2v) is 6.82. The van der Waals surface area contributed by atoms with Crippen molar-refractivity contribution >= 4 is 29.0 Å². The zero-order valence-corrected chi connectivity index (χ0v) is 14.6. The Morgan fingerprint density at radius 2 is 1.92 bits per heavy atom. The van der Waals surface area contributed by atoms with E-state index in [0.717, 1.165) is 28.3 Å². The number of benzene rings is 2. The van der Waals surface area contributed by atoms with Gasteiger partial charge in [-0.25, -0.2) is 0 Å². The fourth-order valence-electron chi connectivity index (χ4n) is 3.47. The number of amidine groups is 1. The second kappa shape index (κ2) is 5.66. The van der Waals surface area contributed by atoms with Crippen LogP contribution < -0.4 is 4.74 Å². The first-order valence-corrected chi connectivity index (χ1v) is 8.46. The first-order valence-electron chi connectivity index (χ1n) is 7.70. The molecule has 0 amide bonds. The summed E-state index contributed by atoms with van der Waals surface area (Å²) < 4.78 is 5.19. The third kappa shape index (κ3) is 2.29. The van der Waals surface area contributed by atoms with Crippen LogP contribution in [0.3, 0.4) is 0 Å². The quantitative estimate of drug-likeness (QED) is 0.909. The lowest BCUT2D eigenvalue weighted by atomic mass is 9.94. The molecule has 124 valence electrons. The zero-order valence-electron chi connectivity index (χ0n) is 13.1. The Labute approximate surface area is 150 Å². The van der Waals surface area contributed by atoms with Crippen LogP contribution in [0.2, 0.25) is 10.0 Å². The van der Waals surface area contributed by atoms with Crippen molar-refractivity contribution in [2.45, 2.75) is 12.1 Å². The monoisotopic (exact) mass is 362 g/mol. The van der Waals surface area contributed by atoms with Gasteiger partial charge in [-0.05, 0) is 29.8 Å². The summed E-state index contributed by atoms with van der Waals surface area (Å²) in [6, 6.07) is 11.2. The maximum Gasteiger partial charge on any atom is 0.170 e. The Hall–Kier alpha value is -1.75. The number of halogens is 2. The molecule has 0 spiro atoms. The zero-order chi connectivity index (χ0) is 16.9. The highest BCUT2D eigenvalue weighted by Crippen LogP contribution is 2.44. The summed E-state index contributed by atoms with van der Waals surface area (Å²) in [5.74, 6) is 1.58. The van der Waals surface area contributed by atoms with Gasteiger partial charge in [-0.3, -0.25) is 4.99 Å². The van der Waals surface area contributed by atoms with Gasteiger partial charge >= 0.3 is 0 Å². The Bertz CT molecular complexity index is 836. The van der Waals surface area contributed by atoms with E-state index in [2.05, 4.69) is 4.99 Å².